The molecule has 0 aromatic heterocycles. The minimum absolute atomic E-state index is 0.0172. The molecule has 0 saturated heterocycles. The van der Waals surface area contributed by atoms with E-state index in [9.17, 15) is 9.18 Å². The highest BCUT2D eigenvalue weighted by Crippen LogP contribution is 2.20. The number of halogens is 1. The van der Waals surface area contributed by atoms with Crippen molar-refractivity contribution in [2.45, 2.75) is 6.42 Å². The van der Waals surface area contributed by atoms with Crippen molar-refractivity contribution in [2.75, 3.05) is 20.3 Å². The number of ether oxygens (including phenoxy) is 2. The number of para-hydroxylation sites is 1. The van der Waals surface area contributed by atoms with Gasteiger partial charge in [-0.2, -0.15) is 0 Å². The zero-order valence-corrected chi connectivity index (χ0v) is 8.53. The lowest BCUT2D eigenvalue weighted by atomic mass is 10.2. The van der Waals surface area contributed by atoms with Crippen LogP contribution in [0.15, 0.2) is 18.2 Å². The zero-order chi connectivity index (χ0) is 11.1. The van der Waals surface area contributed by atoms with E-state index in [-0.39, 0.29) is 11.3 Å². The van der Waals surface area contributed by atoms with Crippen LogP contribution < -0.4 is 4.74 Å². The van der Waals surface area contributed by atoms with Gasteiger partial charge in [0.15, 0.2) is 17.9 Å². The normalized spacial score (nSPS) is 10.0. The van der Waals surface area contributed by atoms with Crippen LogP contribution in [0.3, 0.4) is 0 Å². The Hall–Kier alpha value is -1.42. The predicted molar refractivity (Wildman–Crippen MR) is 53.8 cm³/mol. The third kappa shape index (κ3) is 3.32. The summed E-state index contributed by atoms with van der Waals surface area (Å²) in [6.07, 6.45) is 1.23. The van der Waals surface area contributed by atoms with E-state index >= 15 is 0 Å². The fraction of sp³-hybridized carbons (Fsp3) is 0.364. The molecular weight excluding hydrogens is 199 g/mol. The maximum absolute atomic E-state index is 13.2. The third-order valence-electron chi connectivity index (χ3n) is 1.86. The van der Waals surface area contributed by atoms with Crippen molar-refractivity contribution in [2.24, 2.45) is 0 Å². The molecule has 1 aromatic carbocycles. The Morgan fingerprint density at radius 1 is 1.40 bits per heavy atom. The average Bonchev–Trinajstić information content (AvgIpc) is 2.26. The first-order chi connectivity index (χ1) is 7.29. The van der Waals surface area contributed by atoms with E-state index in [0.29, 0.717) is 25.9 Å². The summed E-state index contributed by atoms with van der Waals surface area (Å²) >= 11 is 0. The molecule has 4 heteroatoms. The molecule has 0 aliphatic heterocycles. The van der Waals surface area contributed by atoms with Crippen LogP contribution in [0.5, 0.6) is 5.75 Å². The number of carbonyl (C=O) groups is 1. The average molecular weight is 212 g/mol. The first-order valence-corrected chi connectivity index (χ1v) is 4.65. The second kappa shape index (κ2) is 6.14. The molecule has 1 aromatic rings. The molecule has 0 heterocycles. The van der Waals surface area contributed by atoms with Crippen LogP contribution in [0.2, 0.25) is 0 Å². The van der Waals surface area contributed by atoms with Crippen molar-refractivity contribution in [3.63, 3.8) is 0 Å². The maximum Gasteiger partial charge on any atom is 0.165 e. The molecule has 82 valence electrons. The fourth-order valence-corrected chi connectivity index (χ4v) is 1.15. The molecule has 0 aliphatic carbocycles. The van der Waals surface area contributed by atoms with Gasteiger partial charge < -0.3 is 9.47 Å². The van der Waals surface area contributed by atoms with Crippen molar-refractivity contribution in [1.29, 1.82) is 0 Å². The van der Waals surface area contributed by atoms with Gasteiger partial charge in [-0.25, -0.2) is 4.39 Å². The van der Waals surface area contributed by atoms with E-state index in [4.69, 9.17) is 9.47 Å². The van der Waals surface area contributed by atoms with Crippen LogP contribution in [0.25, 0.3) is 0 Å². The van der Waals surface area contributed by atoms with E-state index in [2.05, 4.69) is 0 Å². The van der Waals surface area contributed by atoms with Gasteiger partial charge in [0.05, 0.1) is 12.2 Å². The molecule has 0 amide bonds. The summed E-state index contributed by atoms with van der Waals surface area (Å²) in [6, 6.07) is 4.25. The molecule has 3 nitrogen and oxygen atoms in total. The molecule has 0 atom stereocenters. The molecule has 0 fully saturated rings. The van der Waals surface area contributed by atoms with Crippen molar-refractivity contribution in [3.05, 3.63) is 29.6 Å². The highest BCUT2D eigenvalue weighted by molar-refractivity contribution is 5.79. The Balaban J connectivity index is 2.62. The quantitative estimate of drug-likeness (QED) is 0.534. The van der Waals surface area contributed by atoms with Crippen LogP contribution >= 0.6 is 0 Å². The summed E-state index contributed by atoms with van der Waals surface area (Å²) in [4.78, 5) is 10.6. The van der Waals surface area contributed by atoms with E-state index in [1.807, 2.05) is 0 Å². The Bertz CT molecular complexity index is 326. The van der Waals surface area contributed by atoms with Crippen molar-refractivity contribution in [3.8, 4) is 5.75 Å². The third-order valence-corrected chi connectivity index (χ3v) is 1.86. The Morgan fingerprint density at radius 2 is 2.20 bits per heavy atom. The summed E-state index contributed by atoms with van der Waals surface area (Å²) < 4.78 is 23.2. The standard InChI is InChI=1S/C11H13FO3/c1-14-6-3-7-15-11-9(8-13)4-2-5-10(11)12/h2,4-5,8H,3,6-7H2,1H3. The summed E-state index contributed by atoms with van der Waals surface area (Å²) in [5.74, 6) is -0.499. The molecular formula is C11H13FO3. The van der Waals surface area contributed by atoms with E-state index < -0.39 is 5.82 Å². The molecule has 0 unspecified atom stereocenters. The van der Waals surface area contributed by atoms with Crippen molar-refractivity contribution >= 4 is 6.29 Å². The van der Waals surface area contributed by atoms with E-state index in [1.54, 1.807) is 7.11 Å². The van der Waals surface area contributed by atoms with Crippen molar-refractivity contribution in [1.82, 2.24) is 0 Å². The van der Waals surface area contributed by atoms with E-state index in [1.165, 1.54) is 18.2 Å². The predicted octanol–water partition coefficient (Wildman–Crippen LogP) is 2.05. The van der Waals surface area contributed by atoms with Gasteiger partial charge in [-0.3, -0.25) is 4.79 Å². The molecule has 0 N–H and O–H groups in total. The van der Waals surface area contributed by atoms with Gasteiger partial charge in [0.1, 0.15) is 0 Å². The SMILES string of the molecule is COCCCOc1c(F)cccc1C=O. The van der Waals surface area contributed by atoms with Crippen LogP contribution in [0, 0.1) is 5.82 Å². The lowest BCUT2D eigenvalue weighted by Gasteiger charge is -2.08. The summed E-state index contributed by atoms with van der Waals surface area (Å²) in [7, 11) is 1.58. The highest BCUT2D eigenvalue weighted by Gasteiger charge is 2.08. The minimum atomic E-state index is -0.517. The van der Waals surface area contributed by atoms with Gasteiger partial charge in [0.2, 0.25) is 0 Å². The molecule has 0 saturated carbocycles. The van der Waals surface area contributed by atoms with Gasteiger partial charge >= 0.3 is 0 Å². The number of rotatable bonds is 6. The molecule has 1 rings (SSSR count). The van der Waals surface area contributed by atoms with Crippen molar-refractivity contribution < 1.29 is 18.7 Å². The van der Waals surface area contributed by atoms with Crippen LogP contribution in [-0.2, 0) is 4.74 Å². The smallest absolute Gasteiger partial charge is 0.165 e. The zero-order valence-electron chi connectivity index (χ0n) is 8.53. The van der Waals surface area contributed by atoms with Crippen LogP contribution in [0.4, 0.5) is 4.39 Å². The number of hydrogen-bond donors (Lipinski definition) is 0. The number of benzene rings is 1. The second-order valence-corrected chi connectivity index (χ2v) is 2.97. The van der Waals surface area contributed by atoms with Gasteiger partial charge in [-0.05, 0) is 12.1 Å². The number of aldehydes is 1. The molecule has 15 heavy (non-hydrogen) atoms. The minimum Gasteiger partial charge on any atom is -0.490 e. The molecule has 0 bridgehead atoms. The number of hydrogen-bond acceptors (Lipinski definition) is 3. The number of carbonyl (C=O) groups excluding carboxylic acids is 1. The van der Waals surface area contributed by atoms with Gasteiger partial charge in [0, 0.05) is 20.1 Å². The van der Waals surface area contributed by atoms with Gasteiger partial charge in [-0.1, -0.05) is 6.07 Å². The van der Waals surface area contributed by atoms with Crippen LogP contribution in [0.1, 0.15) is 16.8 Å². The first kappa shape index (κ1) is 11.7. The molecule has 0 aliphatic rings. The molecule has 0 spiro atoms. The maximum atomic E-state index is 13.2. The second-order valence-electron chi connectivity index (χ2n) is 2.97. The lowest BCUT2D eigenvalue weighted by molar-refractivity contribution is 0.111. The Kier molecular flexibility index (Phi) is 4.77. The van der Waals surface area contributed by atoms with E-state index in [0.717, 1.165) is 0 Å². The number of methoxy groups -OCH3 is 1. The summed E-state index contributed by atoms with van der Waals surface area (Å²) in [5, 5.41) is 0. The van der Waals surface area contributed by atoms with Gasteiger partial charge in [0.25, 0.3) is 0 Å². The van der Waals surface area contributed by atoms with Gasteiger partial charge in [-0.15, -0.1) is 0 Å². The fourth-order valence-electron chi connectivity index (χ4n) is 1.15. The summed E-state index contributed by atoms with van der Waals surface area (Å²) in [5.41, 5.74) is 0.229. The largest absolute Gasteiger partial charge is 0.490 e. The Morgan fingerprint density at radius 3 is 2.87 bits per heavy atom. The Labute approximate surface area is 87.8 Å². The highest BCUT2D eigenvalue weighted by atomic mass is 19.1. The monoisotopic (exact) mass is 212 g/mol. The lowest BCUT2D eigenvalue weighted by Crippen LogP contribution is -2.04. The van der Waals surface area contributed by atoms with Crippen LogP contribution in [-0.4, -0.2) is 26.6 Å². The summed E-state index contributed by atoms with van der Waals surface area (Å²) in [6.45, 7) is 0.875. The topological polar surface area (TPSA) is 35.5 Å². The molecule has 0 radical (unpaired) electrons. The first-order valence-electron chi connectivity index (χ1n) is 4.65.